The van der Waals surface area contributed by atoms with Gasteiger partial charge >= 0.3 is 0 Å². The average molecular weight is 294 g/mol. The molecule has 1 atom stereocenters. The minimum Gasteiger partial charge on any atom is -0.345 e. The van der Waals surface area contributed by atoms with Crippen LogP contribution in [0.5, 0.6) is 0 Å². The molecule has 1 aromatic heterocycles. The van der Waals surface area contributed by atoms with Crippen LogP contribution in [-0.4, -0.2) is 16.1 Å². The molecule has 88 valence electrons. The summed E-state index contributed by atoms with van der Waals surface area (Å²) in [6, 6.07) is 7.83. The molecule has 0 aliphatic carbocycles. The van der Waals surface area contributed by atoms with Gasteiger partial charge in [-0.1, -0.05) is 28.1 Å². The minimum atomic E-state index is -0.130. The zero-order chi connectivity index (χ0) is 12.3. The van der Waals surface area contributed by atoms with E-state index < -0.39 is 0 Å². The van der Waals surface area contributed by atoms with E-state index in [4.69, 9.17) is 0 Å². The highest BCUT2D eigenvalue weighted by Gasteiger charge is 2.11. The van der Waals surface area contributed by atoms with Crippen molar-refractivity contribution in [3.63, 3.8) is 0 Å². The van der Waals surface area contributed by atoms with E-state index in [0.29, 0.717) is 5.56 Å². The molecule has 1 amide bonds. The molecular formula is C12H12BrN3O. The number of nitrogens with zero attached hydrogens (tertiary/aromatic N) is 1. The minimum absolute atomic E-state index is 0.0366. The maximum atomic E-state index is 11.8. The van der Waals surface area contributed by atoms with Crippen LogP contribution in [0, 0.1) is 0 Å². The number of carbonyl (C=O) groups excluding carboxylic acids is 1. The van der Waals surface area contributed by atoms with E-state index in [1.165, 1.54) is 6.20 Å². The van der Waals surface area contributed by atoms with Crippen molar-refractivity contribution in [2.45, 2.75) is 13.0 Å². The first-order valence-corrected chi connectivity index (χ1v) is 6.01. The van der Waals surface area contributed by atoms with Crippen molar-refractivity contribution in [3.05, 3.63) is 52.3 Å². The number of nitrogens with one attached hydrogen (secondary N) is 2. The lowest BCUT2D eigenvalue weighted by molar-refractivity contribution is 0.0940. The molecule has 0 spiro atoms. The average Bonchev–Trinajstić information content (AvgIpc) is 2.83. The number of rotatable bonds is 3. The summed E-state index contributed by atoms with van der Waals surface area (Å²) < 4.78 is 1.02. The number of aromatic nitrogens is 2. The Kier molecular flexibility index (Phi) is 3.58. The third kappa shape index (κ3) is 2.94. The summed E-state index contributed by atoms with van der Waals surface area (Å²) in [7, 11) is 0. The molecule has 0 unspecified atom stereocenters. The first kappa shape index (κ1) is 11.9. The van der Waals surface area contributed by atoms with Gasteiger partial charge in [0, 0.05) is 10.7 Å². The number of carbonyl (C=O) groups is 1. The topological polar surface area (TPSA) is 57.8 Å². The SMILES string of the molecule is C[C@@H](NC(=O)c1cn[nH]c1)c1ccc(Br)cc1. The summed E-state index contributed by atoms with van der Waals surface area (Å²) in [5.41, 5.74) is 1.60. The molecule has 0 aliphatic heterocycles. The Morgan fingerprint density at radius 1 is 1.41 bits per heavy atom. The Labute approximate surface area is 108 Å². The third-order valence-corrected chi connectivity index (χ3v) is 3.01. The summed E-state index contributed by atoms with van der Waals surface area (Å²) in [5, 5.41) is 9.26. The van der Waals surface area contributed by atoms with Gasteiger partial charge in [-0.3, -0.25) is 9.89 Å². The lowest BCUT2D eigenvalue weighted by atomic mass is 10.1. The molecule has 2 aromatic rings. The van der Waals surface area contributed by atoms with Gasteiger partial charge in [0.1, 0.15) is 0 Å². The van der Waals surface area contributed by atoms with Crippen LogP contribution in [0.2, 0.25) is 0 Å². The number of halogens is 1. The predicted octanol–water partition coefficient (Wildman–Crippen LogP) is 2.66. The van der Waals surface area contributed by atoms with E-state index >= 15 is 0 Å². The van der Waals surface area contributed by atoms with Crippen LogP contribution >= 0.6 is 15.9 Å². The normalized spacial score (nSPS) is 12.1. The fraction of sp³-hybridized carbons (Fsp3) is 0.167. The smallest absolute Gasteiger partial charge is 0.254 e. The lowest BCUT2D eigenvalue weighted by Crippen LogP contribution is -2.26. The van der Waals surface area contributed by atoms with Gasteiger partial charge in [0.15, 0.2) is 0 Å². The molecule has 2 rings (SSSR count). The van der Waals surface area contributed by atoms with Gasteiger partial charge in [-0.25, -0.2) is 0 Å². The van der Waals surface area contributed by atoms with Crippen molar-refractivity contribution in [2.24, 2.45) is 0 Å². The molecule has 0 aliphatic rings. The van der Waals surface area contributed by atoms with E-state index in [1.807, 2.05) is 31.2 Å². The number of hydrogen-bond acceptors (Lipinski definition) is 2. The molecule has 2 N–H and O–H groups in total. The second-order valence-corrected chi connectivity index (χ2v) is 4.65. The van der Waals surface area contributed by atoms with Gasteiger partial charge in [0.05, 0.1) is 17.8 Å². The highest BCUT2D eigenvalue weighted by molar-refractivity contribution is 9.10. The molecule has 1 aromatic carbocycles. The second kappa shape index (κ2) is 5.14. The van der Waals surface area contributed by atoms with Gasteiger partial charge < -0.3 is 5.32 Å². The first-order chi connectivity index (χ1) is 8.16. The maximum absolute atomic E-state index is 11.8. The summed E-state index contributed by atoms with van der Waals surface area (Å²) in [5.74, 6) is -0.130. The zero-order valence-corrected chi connectivity index (χ0v) is 10.9. The number of H-pyrrole nitrogens is 1. The molecule has 4 nitrogen and oxygen atoms in total. The molecule has 0 bridgehead atoms. The van der Waals surface area contributed by atoms with Crippen molar-refractivity contribution < 1.29 is 4.79 Å². The van der Waals surface area contributed by atoms with E-state index in [9.17, 15) is 4.79 Å². The molecule has 0 saturated carbocycles. The van der Waals surface area contributed by atoms with Crippen LogP contribution in [0.1, 0.15) is 28.9 Å². The lowest BCUT2D eigenvalue weighted by Gasteiger charge is -2.13. The van der Waals surface area contributed by atoms with Gasteiger partial charge in [0.2, 0.25) is 0 Å². The van der Waals surface area contributed by atoms with E-state index in [0.717, 1.165) is 10.0 Å². The van der Waals surface area contributed by atoms with Crippen LogP contribution in [0.15, 0.2) is 41.1 Å². The number of hydrogen-bond donors (Lipinski definition) is 2. The quantitative estimate of drug-likeness (QED) is 0.914. The molecule has 5 heteroatoms. The predicted molar refractivity (Wildman–Crippen MR) is 68.6 cm³/mol. The largest absolute Gasteiger partial charge is 0.345 e. The van der Waals surface area contributed by atoms with Crippen LogP contribution < -0.4 is 5.32 Å². The van der Waals surface area contributed by atoms with E-state index in [-0.39, 0.29) is 11.9 Å². The number of amides is 1. The fourth-order valence-electron chi connectivity index (χ4n) is 1.49. The maximum Gasteiger partial charge on any atom is 0.254 e. The Bertz CT molecular complexity index is 493. The number of aromatic amines is 1. The Morgan fingerprint density at radius 2 is 2.12 bits per heavy atom. The summed E-state index contributed by atoms with van der Waals surface area (Å²) in [6.45, 7) is 1.95. The van der Waals surface area contributed by atoms with Gasteiger partial charge in [0.25, 0.3) is 5.91 Å². The molecule has 1 heterocycles. The van der Waals surface area contributed by atoms with Crippen LogP contribution in [-0.2, 0) is 0 Å². The first-order valence-electron chi connectivity index (χ1n) is 5.22. The standard InChI is InChI=1S/C12H12BrN3O/c1-8(9-2-4-11(13)5-3-9)16-12(17)10-6-14-15-7-10/h2-8H,1H3,(H,14,15)(H,16,17)/t8-/m1/s1. The van der Waals surface area contributed by atoms with Gasteiger partial charge in [-0.2, -0.15) is 5.10 Å². The number of benzene rings is 1. The van der Waals surface area contributed by atoms with E-state index in [2.05, 4.69) is 31.4 Å². The summed E-state index contributed by atoms with van der Waals surface area (Å²) in [4.78, 5) is 11.8. The summed E-state index contributed by atoms with van der Waals surface area (Å²) in [6.07, 6.45) is 3.08. The molecule has 17 heavy (non-hydrogen) atoms. The molecular weight excluding hydrogens is 282 g/mol. The molecule has 0 fully saturated rings. The second-order valence-electron chi connectivity index (χ2n) is 3.73. The third-order valence-electron chi connectivity index (χ3n) is 2.48. The van der Waals surface area contributed by atoms with Crippen molar-refractivity contribution in [1.29, 1.82) is 0 Å². The Morgan fingerprint density at radius 3 is 2.71 bits per heavy atom. The van der Waals surface area contributed by atoms with Crippen molar-refractivity contribution in [3.8, 4) is 0 Å². The summed E-state index contributed by atoms with van der Waals surface area (Å²) >= 11 is 3.38. The molecule has 0 saturated heterocycles. The molecule has 0 radical (unpaired) electrons. The van der Waals surface area contributed by atoms with Crippen molar-refractivity contribution in [2.75, 3.05) is 0 Å². The van der Waals surface area contributed by atoms with Crippen molar-refractivity contribution in [1.82, 2.24) is 15.5 Å². The fourth-order valence-corrected chi connectivity index (χ4v) is 1.75. The van der Waals surface area contributed by atoms with Crippen LogP contribution in [0.4, 0.5) is 0 Å². The van der Waals surface area contributed by atoms with E-state index in [1.54, 1.807) is 6.20 Å². The van der Waals surface area contributed by atoms with Crippen molar-refractivity contribution >= 4 is 21.8 Å². The highest BCUT2D eigenvalue weighted by atomic mass is 79.9. The monoisotopic (exact) mass is 293 g/mol. The highest BCUT2D eigenvalue weighted by Crippen LogP contribution is 2.16. The van der Waals surface area contributed by atoms with Gasteiger partial charge in [-0.15, -0.1) is 0 Å². The zero-order valence-electron chi connectivity index (χ0n) is 9.27. The van der Waals surface area contributed by atoms with Crippen LogP contribution in [0.3, 0.4) is 0 Å². The van der Waals surface area contributed by atoms with Crippen LogP contribution in [0.25, 0.3) is 0 Å². The Balaban J connectivity index is 2.04. The Hall–Kier alpha value is -1.62. The van der Waals surface area contributed by atoms with Gasteiger partial charge in [-0.05, 0) is 24.6 Å².